The topological polar surface area (TPSA) is 49.8 Å². The van der Waals surface area contributed by atoms with Gasteiger partial charge in [0, 0.05) is 23.3 Å². The lowest BCUT2D eigenvalue weighted by atomic mass is 10.2. The number of aromatic nitrogens is 2. The average Bonchev–Trinajstić information content (AvgIpc) is 2.57. The molecule has 3 aromatic rings. The molecule has 6 heteroatoms. The Balaban J connectivity index is 1.73. The van der Waals surface area contributed by atoms with Crippen LogP contribution < -0.4 is 10.6 Å². The molecule has 0 saturated carbocycles. The van der Waals surface area contributed by atoms with Crippen LogP contribution in [0.25, 0.3) is 0 Å². The minimum absolute atomic E-state index is 0.245. The van der Waals surface area contributed by atoms with Gasteiger partial charge in [-0.25, -0.2) is 14.4 Å². The molecule has 0 unspecified atom stereocenters. The largest absolute Gasteiger partial charge is 0.366 e. The smallest absolute Gasteiger partial charge is 0.136 e. The summed E-state index contributed by atoms with van der Waals surface area (Å²) in [5.41, 5.74) is 2.85. The van der Waals surface area contributed by atoms with Gasteiger partial charge in [0.15, 0.2) is 0 Å². The van der Waals surface area contributed by atoms with E-state index in [0.717, 1.165) is 16.8 Å². The number of anilines is 3. The lowest BCUT2D eigenvalue weighted by molar-refractivity contribution is 0.627. The van der Waals surface area contributed by atoms with E-state index >= 15 is 0 Å². The molecular weight excluding hydrogens is 339 g/mol. The van der Waals surface area contributed by atoms with Crippen LogP contribution >= 0.6 is 11.6 Å². The molecule has 25 heavy (non-hydrogen) atoms. The molecule has 0 atom stereocenters. The lowest BCUT2D eigenvalue weighted by Crippen LogP contribution is -2.05. The van der Waals surface area contributed by atoms with Crippen molar-refractivity contribution in [1.29, 1.82) is 0 Å². The van der Waals surface area contributed by atoms with Gasteiger partial charge >= 0.3 is 0 Å². The molecule has 2 N–H and O–H groups in total. The van der Waals surface area contributed by atoms with Crippen LogP contribution in [0.15, 0.2) is 48.5 Å². The third-order valence-electron chi connectivity index (χ3n) is 3.67. The van der Waals surface area contributed by atoms with E-state index in [0.29, 0.717) is 29.0 Å². The monoisotopic (exact) mass is 356 g/mol. The quantitative estimate of drug-likeness (QED) is 0.656. The third kappa shape index (κ3) is 4.67. The standard InChI is InChI=1S/C19H18ClFN4/c1-12-3-8-16(9-17(12)20)25-19-10-18(23-13(2)24-19)22-11-14-4-6-15(21)7-5-14/h3-10H,11H2,1-2H3,(H2,22,23,24,25). The van der Waals surface area contributed by atoms with Crippen molar-refractivity contribution < 1.29 is 4.39 Å². The summed E-state index contributed by atoms with van der Waals surface area (Å²) < 4.78 is 13.0. The minimum Gasteiger partial charge on any atom is -0.366 e. The maximum atomic E-state index is 13.0. The molecule has 0 bridgehead atoms. The van der Waals surface area contributed by atoms with E-state index in [1.807, 2.05) is 38.1 Å². The molecule has 4 nitrogen and oxygen atoms in total. The molecule has 1 heterocycles. The van der Waals surface area contributed by atoms with E-state index in [-0.39, 0.29) is 5.82 Å². The Morgan fingerprint density at radius 3 is 2.40 bits per heavy atom. The van der Waals surface area contributed by atoms with Gasteiger partial charge in [-0.1, -0.05) is 29.8 Å². The van der Waals surface area contributed by atoms with E-state index in [1.54, 1.807) is 12.1 Å². The van der Waals surface area contributed by atoms with Crippen molar-refractivity contribution in [2.75, 3.05) is 10.6 Å². The summed E-state index contributed by atoms with van der Waals surface area (Å²) >= 11 is 6.16. The minimum atomic E-state index is -0.245. The summed E-state index contributed by atoms with van der Waals surface area (Å²) in [7, 11) is 0. The van der Waals surface area contributed by atoms with Crippen molar-refractivity contribution in [3.63, 3.8) is 0 Å². The van der Waals surface area contributed by atoms with E-state index in [9.17, 15) is 4.39 Å². The van der Waals surface area contributed by atoms with Crippen molar-refractivity contribution in [2.24, 2.45) is 0 Å². The maximum Gasteiger partial charge on any atom is 0.136 e. The molecule has 128 valence electrons. The van der Waals surface area contributed by atoms with Crippen LogP contribution in [0.2, 0.25) is 5.02 Å². The highest BCUT2D eigenvalue weighted by molar-refractivity contribution is 6.31. The number of benzene rings is 2. The number of hydrogen-bond donors (Lipinski definition) is 2. The van der Waals surface area contributed by atoms with Gasteiger partial charge in [0.25, 0.3) is 0 Å². The summed E-state index contributed by atoms with van der Waals surface area (Å²) in [5.74, 6) is 1.77. The second-order valence-corrected chi connectivity index (χ2v) is 6.16. The number of nitrogens with zero attached hydrogens (tertiary/aromatic N) is 2. The molecule has 0 aliphatic heterocycles. The molecule has 0 fully saturated rings. The predicted molar refractivity (Wildman–Crippen MR) is 100.0 cm³/mol. The highest BCUT2D eigenvalue weighted by atomic mass is 35.5. The molecule has 0 aliphatic rings. The van der Waals surface area contributed by atoms with E-state index in [4.69, 9.17) is 11.6 Å². The van der Waals surface area contributed by atoms with Gasteiger partial charge in [-0.3, -0.25) is 0 Å². The number of nitrogens with one attached hydrogen (secondary N) is 2. The first-order valence-corrected chi connectivity index (χ1v) is 8.24. The molecule has 0 saturated heterocycles. The third-order valence-corrected chi connectivity index (χ3v) is 4.08. The van der Waals surface area contributed by atoms with E-state index in [2.05, 4.69) is 20.6 Å². The number of hydrogen-bond acceptors (Lipinski definition) is 4. The predicted octanol–water partition coefficient (Wildman–Crippen LogP) is 5.24. The van der Waals surface area contributed by atoms with Crippen LogP contribution in [-0.2, 0) is 6.54 Å². The maximum absolute atomic E-state index is 13.0. The molecule has 0 amide bonds. The van der Waals surface area contributed by atoms with Gasteiger partial charge in [-0.05, 0) is 49.2 Å². The Kier molecular flexibility index (Phi) is 5.14. The zero-order chi connectivity index (χ0) is 17.8. The van der Waals surface area contributed by atoms with Gasteiger partial charge in [-0.15, -0.1) is 0 Å². The normalized spacial score (nSPS) is 10.6. The molecule has 1 aromatic heterocycles. The summed E-state index contributed by atoms with van der Waals surface area (Å²) in [5, 5.41) is 7.16. The Hall–Kier alpha value is -2.66. The lowest BCUT2D eigenvalue weighted by Gasteiger charge is -2.11. The van der Waals surface area contributed by atoms with Crippen LogP contribution in [0.5, 0.6) is 0 Å². The van der Waals surface area contributed by atoms with Gasteiger partial charge in [-0.2, -0.15) is 0 Å². The van der Waals surface area contributed by atoms with Gasteiger partial charge < -0.3 is 10.6 Å². The first-order valence-electron chi connectivity index (χ1n) is 7.87. The Morgan fingerprint density at radius 2 is 1.68 bits per heavy atom. The fourth-order valence-corrected chi connectivity index (χ4v) is 2.52. The Morgan fingerprint density at radius 1 is 0.960 bits per heavy atom. The Bertz CT molecular complexity index is 881. The summed E-state index contributed by atoms with van der Waals surface area (Å²) in [6, 6.07) is 13.9. The molecule has 0 aliphatic carbocycles. The molecule has 0 radical (unpaired) electrons. The fraction of sp³-hybridized carbons (Fsp3) is 0.158. The van der Waals surface area contributed by atoms with Crippen LogP contribution in [0.3, 0.4) is 0 Å². The number of aryl methyl sites for hydroxylation is 2. The fourth-order valence-electron chi connectivity index (χ4n) is 2.34. The zero-order valence-corrected chi connectivity index (χ0v) is 14.7. The Labute approximate surface area is 151 Å². The first kappa shape index (κ1) is 17.2. The van der Waals surface area contributed by atoms with Crippen LogP contribution in [0.4, 0.5) is 21.7 Å². The summed E-state index contributed by atoms with van der Waals surface area (Å²) in [6.07, 6.45) is 0. The van der Waals surface area contributed by atoms with Crippen molar-refractivity contribution in [2.45, 2.75) is 20.4 Å². The van der Waals surface area contributed by atoms with E-state index < -0.39 is 0 Å². The zero-order valence-electron chi connectivity index (χ0n) is 14.0. The average molecular weight is 357 g/mol. The first-order chi connectivity index (χ1) is 12.0. The molecular formula is C19H18ClFN4. The van der Waals surface area contributed by atoms with Gasteiger partial charge in [0.05, 0.1) is 0 Å². The molecule has 2 aromatic carbocycles. The highest BCUT2D eigenvalue weighted by Crippen LogP contribution is 2.23. The SMILES string of the molecule is Cc1nc(NCc2ccc(F)cc2)cc(Nc2ccc(C)c(Cl)c2)n1. The summed E-state index contributed by atoms with van der Waals surface area (Å²) in [4.78, 5) is 8.77. The van der Waals surface area contributed by atoms with Gasteiger partial charge in [0.1, 0.15) is 23.3 Å². The molecule has 3 rings (SSSR count). The van der Waals surface area contributed by atoms with Crippen LogP contribution in [0, 0.1) is 19.7 Å². The van der Waals surface area contributed by atoms with Crippen molar-refractivity contribution in [3.8, 4) is 0 Å². The van der Waals surface area contributed by atoms with Crippen molar-refractivity contribution >= 4 is 28.9 Å². The van der Waals surface area contributed by atoms with E-state index in [1.165, 1.54) is 12.1 Å². The second-order valence-electron chi connectivity index (χ2n) is 5.75. The number of rotatable bonds is 5. The van der Waals surface area contributed by atoms with Crippen LogP contribution in [-0.4, -0.2) is 9.97 Å². The van der Waals surface area contributed by atoms with Crippen molar-refractivity contribution in [1.82, 2.24) is 9.97 Å². The highest BCUT2D eigenvalue weighted by Gasteiger charge is 2.04. The second kappa shape index (κ2) is 7.49. The number of halogens is 2. The molecule has 0 spiro atoms. The summed E-state index contributed by atoms with van der Waals surface area (Å²) in [6.45, 7) is 4.33. The van der Waals surface area contributed by atoms with Crippen molar-refractivity contribution in [3.05, 3.63) is 76.3 Å². The van der Waals surface area contributed by atoms with Crippen LogP contribution in [0.1, 0.15) is 17.0 Å². The van der Waals surface area contributed by atoms with Gasteiger partial charge in [0.2, 0.25) is 0 Å².